The lowest BCUT2D eigenvalue weighted by molar-refractivity contribution is -0.130. The number of ether oxygens (including phenoxy) is 2. The van der Waals surface area contributed by atoms with Gasteiger partial charge in [0.25, 0.3) is 0 Å². The molecule has 0 fully saturated rings. The number of rotatable bonds is 8. The highest BCUT2D eigenvalue weighted by molar-refractivity contribution is 9.10. The van der Waals surface area contributed by atoms with E-state index >= 15 is 0 Å². The first-order chi connectivity index (χ1) is 14.4. The van der Waals surface area contributed by atoms with E-state index in [1.807, 2.05) is 47.0 Å². The summed E-state index contributed by atoms with van der Waals surface area (Å²) in [5.74, 6) is 2.20. The number of aromatic amines is 1. The second-order valence-electron chi connectivity index (χ2n) is 6.69. The fraction of sp³-hybridized carbons (Fsp3) is 0.286. The van der Waals surface area contributed by atoms with Crippen LogP contribution in [0.15, 0.2) is 46.9 Å². The van der Waals surface area contributed by atoms with Gasteiger partial charge >= 0.3 is 0 Å². The summed E-state index contributed by atoms with van der Waals surface area (Å²) in [7, 11) is 5.02. The van der Waals surface area contributed by atoms with Gasteiger partial charge in [-0.15, -0.1) is 0 Å². The molecule has 0 bridgehead atoms. The molecule has 1 aromatic heterocycles. The minimum Gasteiger partial charge on any atom is -0.497 e. The van der Waals surface area contributed by atoms with Gasteiger partial charge in [0, 0.05) is 42.2 Å². The van der Waals surface area contributed by atoms with Crippen LogP contribution in [0.5, 0.6) is 11.5 Å². The van der Waals surface area contributed by atoms with Gasteiger partial charge in [0.05, 0.1) is 14.2 Å². The number of carbonyl (C=O) groups excluding carboxylic acids is 1. The zero-order chi connectivity index (χ0) is 21.7. The van der Waals surface area contributed by atoms with Crippen molar-refractivity contribution in [2.24, 2.45) is 0 Å². The predicted molar refractivity (Wildman–Crippen MR) is 121 cm³/mol. The van der Waals surface area contributed by atoms with Crippen molar-refractivity contribution in [2.75, 3.05) is 21.3 Å². The number of benzene rings is 2. The Morgan fingerprint density at radius 3 is 2.60 bits per heavy atom. The lowest BCUT2D eigenvalue weighted by atomic mass is 10.2. The molecule has 0 saturated carbocycles. The highest BCUT2D eigenvalue weighted by Gasteiger charge is 2.15. The third kappa shape index (κ3) is 5.09. The van der Waals surface area contributed by atoms with Crippen LogP contribution in [-0.2, 0) is 17.9 Å². The summed E-state index contributed by atoms with van der Waals surface area (Å²) >= 11 is 8.83. The second-order valence-corrected chi connectivity index (χ2v) is 7.99. The van der Waals surface area contributed by atoms with Crippen molar-refractivity contribution in [3.8, 4) is 22.9 Å². The van der Waals surface area contributed by atoms with E-state index in [4.69, 9.17) is 21.7 Å². The van der Waals surface area contributed by atoms with Crippen LogP contribution in [-0.4, -0.2) is 46.8 Å². The number of hydrogen-bond acceptors (Lipinski definition) is 5. The molecule has 30 heavy (non-hydrogen) atoms. The number of halogens is 1. The average Bonchev–Trinajstić information content (AvgIpc) is 3.12. The number of hydrogen-bond donors (Lipinski definition) is 1. The van der Waals surface area contributed by atoms with E-state index < -0.39 is 0 Å². The first-order valence-corrected chi connectivity index (χ1v) is 10.5. The van der Waals surface area contributed by atoms with E-state index in [2.05, 4.69) is 26.1 Å². The van der Waals surface area contributed by atoms with Crippen molar-refractivity contribution in [3.63, 3.8) is 0 Å². The quantitative estimate of drug-likeness (QED) is 0.472. The van der Waals surface area contributed by atoms with Gasteiger partial charge in [-0.25, -0.2) is 0 Å². The Morgan fingerprint density at radius 2 is 1.93 bits per heavy atom. The largest absolute Gasteiger partial charge is 0.497 e. The summed E-state index contributed by atoms with van der Waals surface area (Å²) in [4.78, 5) is 14.4. The van der Waals surface area contributed by atoms with Crippen LogP contribution in [0.1, 0.15) is 12.0 Å². The van der Waals surface area contributed by atoms with E-state index in [1.165, 1.54) is 0 Å². The van der Waals surface area contributed by atoms with Crippen LogP contribution in [0.2, 0.25) is 0 Å². The number of nitrogens with zero attached hydrogens (tertiary/aromatic N) is 3. The topological polar surface area (TPSA) is 72.4 Å². The highest BCUT2D eigenvalue weighted by atomic mass is 79.9. The van der Waals surface area contributed by atoms with Gasteiger partial charge in [0.1, 0.15) is 11.5 Å². The minimum atomic E-state index is 0.000750. The Labute approximate surface area is 188 Å². The van der Waals surface area contributed by atoms with Crippen molar-refractivity contribution >= 4 is 34.1 Å². The number of carbonyl (C=O) groups is 1. The molecule has 3 rings (SSSR count). The molecule has 1 heterocycles. The number of methoxy groups -OCH3 is 2. The van der Waals surface area contributed by atoms with Crippen molar-refractivity contribution in [2.45, 2.75) is 19.5 Å². The zero-order valence-corrected chi connectivity index (χ0v) is 19.4. The molecule has 2 aromatic carbocycles. The summed E-state index contributed by atoms with van der Waals surface area (Å²) in [6.07, 6.45) is 0.295. The van der Waals surface area contributed by atoms with E-state index in [1.54, 1.807) is 26.2 Å². The standard InChI is InChI=1S/C21H23BrN4O3S/c1-25(13-15-12-16(22)6-9-18(15)29-3)19(27)10-11-26-20(23-24-21(26)30)14-4-7-17(28-2)8-5-14/h4-9,12H,10-11,13H2,1-3H3,(H,24,30). The van der Waals surface area contributed by atoms with Gasteiger partial charge in [-0.2, -0.15) is 5.10 Å². The van der Waals surface area contributed by atoms with Gasteiger partial charge in [-0.3, -0.25) is 14.5 Å². The average molecular weight is 491 g/mol. The predicted octanol–water partition coefficient (Wildman–Crippen LogP) is 4.44. The van der Waals surface area contributed by atoms with Crippen LogP contribution in [0.25, 0.3) is 11.4 Å². The molecule has 9 heteroatoms. The molecular formula is C21H23BrN4O3S. The summed E-state index contributed by atoms with van der Waals surface area (Å²) in [6, 6.07) is 13.3. The van der Waals surface area contributed by atoms with Gasteiger partial charge < -0.3 is 14.4 Å². The van der Waals surface area contributed by atoms with Gasteiger partial charge in [0.15, 0.2) is 10.6 Å². The first kappa shape index (κ1) is 22.0. The van der Waals surface area contributed by atoms with Gasteiger partial charge in [-0.05, 0) is 54.7 Å². The molecule has 3 aromatic rings. The third-order valence-electron chi connectivity index (χ3n) is 4.73. The Hall–Kier alpha value is -2.65. The van der Waals surface area contributed by atoms with Gasteiger partial charge in [-0.1, -0.05) is 15.9 Å². The van der Waals surface area contributed by atoms with Crippen LogP contribution in [0, 0.1) is 4.77 Å². The molecule has 0 aliphatic heterocycles. The van der Waals surface area contributed by atoms with Crippen LogP contribution < -0.4 is 9.47 Å². The maximum atomic E-state index is 12.7. The van der Waals surface area contributed by atoms with Crippen molar-refractivity contribution in [1.82, 2.24) is 19.7 Å². The molecule has 1 N–H and O–H groups in total. The smallest absolute Gasteiger partial charge is 0.224 e. The number of amides is 1. The molecule has 1 amide bonds. The maximum absolute atomic E-state index is 12.7. The SMILES string of the molecule is COc1ccc(-c2n[nH]c(=S)n2CCC(=O)N(C)Cc2cc(Br)ccc2OC)cc1. The molecule has 0 saturated heterocycles. The molecular weight excluding hydrogens is 468 g/mol. The second kappa shape index (κ2) is 9.90. The summed E-state index contributed by atoms with van der Waals surface area (Å²) in [5.41, 5.74) is 1.82. The Kier molecular flexibility index (Phi) is 7.28. The van der Waals surface area contributed by atoms with E-state index in [9.17, 15) is 4.79 Å². The minimum absolute atomic E-state index is 0.000750. The molecule has 0 aliphatic rings. The summed E-state index contributed by atoms with van der Waals surface area (Å²) in [5, 5.41) is 7.14. The monoisotopic (exact) mass is 490 g/mol. The van der Waals surface area contributed by atoms with Crippen LogP contribution in [0.4, 0.5) is 0 Å². The molecule has 0 aliphatic carbocycles. The maximum Gasteiger partial charge on any atom is 0.224 e. The van der Waals surface area contributed by atoms with E-state index in [-0.39, 0.29) is 5.91 Å². The zero-order valence-electron chi connectivity index (χ0n) is 17.0. The van der Waals surface area contributed by atoms with Crippen LogP contribution >= 0.6 is 28.1 Å². The Balaban J connectivity index is 1.69. The lowest BCUT2D eigenvalue weighted by Crippen LogP contribution is -2.27. The van der Waals surface area contributed by atoms with Crippen LogP contribution in [0.3, 0.4) is 0 Å². The lowest BCUT2D eigenvalue weighted by Gasteiger charge is -2.19. The molecule has 0 atom stereocenters. The summed E-state index contributed by atoms with van der Waals surface area (Å²) in [6.45, 7) is 0.874. The van der Waals surface area contributed by atoms with Crippen molar-refractivity contribution in [1.29, 1.82) is 0 Å². The van der Waals surface area contributed by atoms with Crippen molar-refractivity contribution in [3.05, 3.63) is 57.3 Å². The summed E-state index contributed by atoms with van der Waals surface area (Å²) < 4.78 is 13.9. The molecule has 158 valence electrons. The van der Waals surface area contributed by atoms with Crippen molar-refractivity contribution < 1.29 is 14.3 Å². The molecule has 0 unspecified atom stereocenters. The first-order valence-electron chi connectivity index (χ1n) is 9.29. The van der Waals surface area contributed by atoms with E-state index in [0.29, 0.717) is 30.1 Å². The number of nitrogens with one attached hydrogen (secondary N) is 1. The van der Waals surface area contributed by atoms with E-state index in [0.717, 1.165) is 27.1 Å². The molecule has 0 radical (unpaired) electrons. The fourth-order valence-corrected chi connectivity index (χ4v) is 3.73. The molecule has 7 nitrogen and oxygen atoms in total. The normalized spacial score (nSPS) is 10.7. The highest BCUT2D eigenvalue weighted by Crippen LogP contribution is 2.25. The third-order valence-corrected chi connectivity index (χ3v) is 5.54. The number of H-pyrrole nitrogens is 1. The Bertz CT molecular complexity index is 1080. The fourth-order valence-electron chi connectivity index (χ4n) is 3.10. The molecule has 0 spiro atoms. The number of aromatic nitrogens is 3. The Morgan fingerprint density at radius 1 is 1.20 bits per heavy atom. The van der Waals surface area contributed by atoms with Gasteiger partial charge in [0.2, 0.25) is 5.91 Å².